The van der Waals surface area contributed by atoms with Gasteiger partial charge in [-0.25, -0.2) is 9.18 Å². The van der Waals surface area contributed by atoms with Crippen molar-refractivity contribution >= 4 is 45.6 Å². The molecule has 3 aromatic rings. The van der Waals surface area contributed by atoms with Crippen LogP contribution in [-0.4, -0.2) is 58.4 Å². The number of carboxylic acids is 1. The fourth-order valence-corrected chi connectivity index (χ4v) is 6.62. The summed E-state index contributed by atoms with van der Waals surface area (Å²) in [6.45, 7) is 1.54. The Kier molecular flexibility index (Phi) is 7.03. The molecule has 0 spiro atoms. The number of pyridine rings is 1. The number of likely N-dealkylation sites (tertiary alicyclic amines) is 1. The average molecular weight is 605 g/mol. The molecule has 1 aliphatic carbocycles. The normalized spacial score (nSPS) is 20.5. The smallest absolute Gasteiger partial charge is 0.416 e. The molecule has 3 aliphatic rings. The van der Waals surface area contributed by atoms with Gasteiger partial charge in [-0.1, -0.05) is 0 Å². The van der Waals surface area contributed by atoms with Crippen molar-refractivity contribution in [3.63, 3.8) is 0 Å². The molecule has 8 nitrogen and oxygen atoms in total. The second-order valence-electron chi connectivity index (χ2n) is 11.0. The number of alkyl halides is 3. The van der Waals surface area contributed by atoms with Gasteiger partial charge in [0.05, 0.1) is 29.6 Å². The highest BCUT2D eigenvalue weighted by Crippen LogP contribution is 2.45. The Morgan fingerprint density at radius 2 is 1.86 bits per heavy atom. The molecule has 6 rings (SSSR count). The lowest BCUT2D eigenvalue weighted by atomic mass is 9.92. The second-order valence-corrected chi connectivity index (χ2v) is 11.4. The fourth-order valence-electron chi connectivity index (χ4n) is 6.28. The number of carbonyl (C=O) groups is 1. The molecular weight excluding hydrogens is 576 g/mol. The molecule has 2 atom stereocenters. The van der Waals surface area contributed by atoms with Crippen molar-refractivity contribution in [2.45, 2.75) is 43.9 Å². The summed E-state index contributed by atoms with van der Waals surface area (Å²) in [4.78, 5) is 28.7. The zero-order valence-electron chi connectivity index (χ0n) is 22.6. The number of hydrogen-bond donors (Lipinski definition) is 2. The van der Waals surface area contributed by atoms with Gasteiger partial charge in [-0.2, -0.15) is 13.2 Å². The molecule has 2 N–H and O–H groups in total. The van der Waals surface area contributed by atoms with E-state index < -0.39 is 34.5 Å². The summed E-state index contributed by atoms with van der Waals surface area (Å²) in [7, 11) is 1.41. The van der Waals surface area contributed by atoms with E-state index >= 15 is 4.39 Å². The molecule has 2 aliphatic heterocycles. The third kappa shape index (κ3) is 4.93. The first kappa shape index (κ1) is 28.3. The highest BCUT2D eigenvalue weighted by Gasteiger charge is 2.42. The van der Waals surface area contributed by atoms with Gasteiger partial charge in [-0.05, 0) is 74.2 Å². The minimum atomic E-state index is -4.43. The Balaban J connectivity index is 1.32. The maximum atomic E-state index is 15.9. The Bertz CT molecular complexity index is 1640. The number of thiocarbonyl (C=S) groups is 1. The Hall–Kier alpha value is -3.87. The van der Waals surface area contributed by atoms with Gasteiger partial charge in [0, 0.05) is 37.6 Å². The number of aromatic nitrogens is 1. The van der Waals surface area contributed by atoms with E-state index in [1.165, 1.54) is 25.4 Å². The topological polar surface area (TPSA) is 87.0 Å². The van der Waals surface area contributed by atoms with Crippen LogP contribution in [0.4, 0.5) is 28.9 Å². The van der Waals surface area contributed by atoms with Crippen LogP contribution in [0.15, 0.2) is 41.3 Å². The summed E-state index contributed by atoms with van der Waals surface area (Å²) in [6, 6.07) is 5.67. The number of benzene rings is 2. The minimum Gasteiger partial charge on any atom is -0.492 e. The maximum Gasteiger partial charge on any atom is 0.416 e. The molecule has 42 heavy (non-hydrogen) atoms. The number of nitrogens with zero attached hydrogens (tertiary/aromatic N) is 3. The van der Waals surface area contributed by atoms with E-state index in [0.717, 1.165) is 43.9 Å². The first-order valence-electron chi connectivity index (χ1n) is 13.7. The Morgan fingerprint density at radius 3 is 2.48 bits per heavy atom. The second kappa shape index (κ2) is 10.4. The Labute approximate surface area is 243 Å². The van der Waals surface area contributed by atoms with E-state index in [1.54, 1.807) is 4.57 Å². The monoisotopic (exact) mass is 604 g/mol. The molecule has 3 fully saturated rings. The van der Waals surface area contributed by atoms with Crippen LogP contribution in [0.3, 0.4) is 0 Å². The van der Waals surface area contributed by atoms with Crippen LogP contribution in [0.1, 0.15) is 47.6 Å². The zero-order valence-corrected chi connectivity index (χ0v) is 23.4. The van der Waals surface area contributed by atoms with Crippen molar-refractivity contribution in [2.24, 2.45) is 5.92 Å². The molecule has 0 bridgehead atoms. The summed E-state index contributed by atoms with van der Waals surface area (Å²) in [5.41, 5.74) is -0.915. The predicted octanol–water partition coefficient (Wildman–Crippen LogP) is 5.50. The standard InChI is InChI=1S/C29H28F4N4O4S/c1-41-26-23-19(25(38)20(27(39)40)13-37(23)18-8-9-18)11-21(30)24(26)35-12-15-3-2-10-36(22(15)14-35)28(42)34-17-6-4-16(5-7-17)29(31,32)33/h4-7,11,13,15,18,22H,2-3,8-10,12,14H2,1H3,(H,34,42)(H,39,40). The number of halogens is 4. The first-order valence-corrected chi connectivity index (χ1v) is 14.1. The number of aromatic carboxylic acids is 1. The highest BCUT2D eigenvalue weighted by atomic mass is 32.1. The molecule has 222 valence electrons. The van der Waals surface area contributed by atoms with E-state index in [9.17, 15) is 27.9 Å². The lowest BCUT2D eigenvalue weighted by Gasteiger charge is -2.38. The van der Waals surface area contributed by atoms with Crippen molar-refractivity contribution in [3.8, 4) is 5.75 Å². The molecule has 2 aromatic carbocycles. The molecule has 1 saturated carbocycles. The fraction of sp³-hybridized carbons (Fsp3) is 0.414. The predicted molar refractivity (Wildman–Crippen MR) is 153 cm³/mol. The van der Waals surface area contributed by atoms with E-state index in [-0.39, 0.29) is 34.8 Å². The molecular formula is C29H28F4N4O4S. The van der Waals surface area contributed by atoms with Crippen molar-refractivity contribution in [2.75, 3.05) is 37.0 Å². The SMILES string of the molecule is COc1c(N2CC3CCCN(C(=S)Nc4ccc(C(F)(F)F)cc4)C3C2)c(F)cc2c(=O)c(C(=O)O)cn(C3CC3)c12. The molecule has 3 heterocycles. The molecule has 2 unspecified atom stereocenters. The van der Waals surface area contributed by atoms with E-state index in [4.69, 9.17) is 17.0 Å². The summed E-state index contributed by atoms with van der Waals surface area (Å²) in [5, 5.41) is 13.0. The van der Waals surface area contributed by atoms with E-state index in [2.05, 4.69) is 5.32 Å². The molecule has 0 amide bonds. The third-order valence-corrected chi connectivity index (χ3v) is 8.73. The number of nitrogens with one attached hydrogen (secondary N) is 1. The number of anilines is 2. The van der Waals surface area contributed by atoms with Gasteiger partial charge in [0.1, 0.15) is 11.3 Å². The van der Waals surface area contributed by atoms with Crippen LogP contribution < -0.4 is 20.4 Å². The van der Waals surface area contributed by atoms with Gasteiger partial charge in [-0.15, -0.1) is 0 Å². The van der Waals surface area contributed by atoms with Crippen LogP contribution in [0.5, 0.6) is 5.75 Å². The number of fused-ring (bicyclic) bond motifs is 2. The maximum absolute atomic E-state index is 15.9. The van der Waals surface area contributed by atoms with Crippen LogP contribution in [0, 0.1) is 11.7 Å². The van der Waals surface area contributed by atoms with Gasteiger partial charge in [0.25, 0.3) is 0 Å². The molecule has 1 aromatic heterocycles. The van der Waals surface area contributed by atoms with Crippen LogP contribution in [0.2, 0.25) is 0 Å². The summed E-state index contributed by atoms with van der Waals surface area (Å²) < 4.78 is 62.2. The third-order valence-electron chi connectivity index (χ3n) is 8.39. The number of carboxylic acid groups (broad SMARTS) is 1. The van der Waals surface area contributed by atoms with Crippen LogP contribution >= 0.6 is 12.2 Å². The summed E-state index contributed by atoms with van der Waals surface area (Å²) >= 11 is 5.67. The van der Waals surface area contributed by atoms with Gasteiger partial charge in [-0.3, -0.25) is 4.79 Å². The molecule has 2 saturated heterocycles. The number of ether oxygens (including phenoxy) is 1. The van der Waals surface area contributed by atoms with Crippen molar-refractivity contribution in [1.29, 1.82) is 0 Å². The van der Waals surface area contributed by atoms with Crippen molar-refractivity contribution in [3.05, 3.63) is 63.7 Å². The Morgan fingerprint density at radius 1 is 1.14 bits per heavy atom. The first-order chi connectivity index (χ1) is 20.0. The summed E-state index contributed by atoms with van der Waals surface area (Å²) in [5.74, 6) is -1.74. The van der Waals surface area contributed by atoms with E-state index in [1.807, 2.05) is 9.80 Å². The van der Waals surface area contributed by atoms with Gasteiger partial charge >= 0.3 is 12.1 Å². The quantitative estimate of drug-likeness (QED) is 0.292. The van der Waals surface area contributed by atoms with Gasteiger partial charge in [0.15, 0.2) is 16.7 Å². The number of rotatable bonds is 5. The molecule has 13 heteroatoms. The van der Waals surface area contributed by atoms with Crippen molar-refractivity contribution in [1.82, 2.24) is 9.47 Å². The average Bonchev–Trinajstić information content (AvgIpc) is 3.70. The summed E-state index contributed by atoms with van der Waals surface area (Å²) in [6.07, 6.45) is 0.217. The number of hydrogen-bond acceptors (Lipinski definition) is 5. The minimum absolute atomic E-state index is 0.0105. The van der Waals surface area contributed by atoms with Gasteiger partial charge < -0.3 is 29.5 Å². The number of methoxy groups -OCH3 is 1. The van der Waals surface area contributed by atoms with Crippen molar-refractivity contribution < 1.29 is 32.2 Å². The zero-order chi connectivity index (χ0) is 29.9. The lowest BCUT2D eigenvalue weighted by molar-refractivity contribution is -0.137. The highest BCUT2D eigenvalue weighted by molar-refractivity contribution is 7.80. The van der Waals surface area contributed by atoms with Crippen LogP contribution in [0.25, 0.3) is 10.9 Å². The lowest BCUT2D eigenvalue weighted by Crippen LogP contribution is -2.50. The largest absolute Gasteiger partial charge is 0.492 e. The number of piperidine rings is 1. The van der Waals surface area contributed by atoms with Gasteiger partial charge in [0.2, 0.25) is 5.43 Å². The van der Waals surface area contributed by atoms with E-state index in [0.29, 0.717) is 36.0 Å². The van der Waals surface area contributed by atoms with Crippen LogP contribution in [-0.2, 0) is 6.18 Å². The molecule has 0 radical (unpaired) electrons.